The number of anilines is 2. The summed E-state index contributed by atoms with van der Waals surface area (Å²) in [6, 6.07) is 18.9. The van der Waals surface area contributed by atoms with E-state index >= 15 is 0 Å². The van der Waals surface area contributed by atoms with Gasteiger partial charge in [-0.25, -0.2) is 0 Å². The first-order valence-electron chi connectivity index (χ1n) is 8.01. The van der Waals surface area contributed by atoms with Crippen LogP contribution in [0.4, 0.5) is 11.4 Å². The van der Waals surface area contributed by atoms with Crippen LogP contribution in [0.2, 0.25) is 5.02 Å². The lowest BCUT2D eigenvalue weighted by atomic mass is 10.1. The molecular weight excluding hydrogens is 364 g/mol. The van der Waals surface area contributed by atoms with Gasteiger partial charge in [-0.15, -0.1) is 0 Å². The molecule has 2 heterocycles. The summed E-state index contributed by atoms with van der Waals surface area (Å²) in [6.07, 6.45) is 0. The molecule has 0 spiro atoms. The highest BCUT2D eigenvalue weighted by Crippen LogP contribution is 2.20. The van der Waals surface area contributed by atoms with E-state index in [1.54, 1.807) is 47.0 Å². The molecule has 4 aromatic rings. The molecule has 0 saturated carbocycles. The van der Waals surface area contributed by atoms with Crippen LogP contribution in [-0.4, -0.2) is 16.4 Å². The molecule has 0 radical (unpaired) electrons. The van der Waals surface area contributed by atoms with Gasteiger partial charge in [0.2, 0.25) is 5.91 Å². The van der Waals surface area contributed by atoms with Crippen LogP contribution in [0.3, 0.4) is 0 Å². The van der Waals surface area contributed by atoms with Crippen molar-refractivity contribution in [3.63, 3.8) is 0 Å². The van der Waals surface area contributed by atoms with E-state index in [4.69, 9.17) is 28.8 Å². The first kappa shape index (κ1) is 18.3. The van der Waals surface area contributed by atoms with E-state index < -0.39 is 5.91 Å². The van der Waals surface area contributed by atoms with E-state index in [9.17, 15) is 9.59 Å². The van der Waals surface area contributed by atoms with Crippen LogP contribution >= 0.6 is 11.6 Å². The Bertz CT molecular complexity index is 1050. The maximum absolute atomic E-state index is 12.3. The number of rotatable bonds is 2. The summed E-state index contributed by atoms with van der Waals surface area (Å²) >= 11 is 5.61. The maximum atomic E-state index is 12.3. The molecule has 2 aromatic carbocycles. The highest BCUT2D eigenvalue weighted by molar-refractivity contribution is 6.33. The lowest BCUT2D eigenvalue weighted by Crippen LogP contribution is -2.13. The van der Waals surface area contributed by atoms with Gasteiger partial charge >= 0.3 is 0 Å². The van der Waals surface area contributed by atoms with E-state index in [0.29, 0.717) is 27.5 Å². The standard InChI is InChI=1S/C14H10N2O2.C6H7ClN2/c15-13(17)9-1-3-10(4-2-9)14(18)16-11-5-6-12(16)8-7-11;7-5-3-4(8)1-2-6(5)9/h1-8H,(H2,15,17);1-3H,8-9H2. The van der Waals surface area contributed by atoms with Crippen LogP contribution in [-0.2, 0) is 0 Å². The average molecular weight is 381 g/mol. The van der Waals surface area contributed by atoms with Crippen molar-refractivity contribution < 1.29 is 9.59 Å². The van der Waals surface area contributed by atoms with Gasteiger partial charge in [0, 0.05) is 27.8 Å². The summed E-state index contributed by atoms with van der Waals surface area (Å²) in [4.78, 5) is 23.2. The molecule has 0 aliphatic heterocycles. The zero-order valence-electron chi connectivity index (χ0n) is 14.2. The zero-order valence-corrected chi connectivity index (χ0v) is 15.0. The molecule has 27 heavy (non-hydrogen) atoms. The number of hydrogen-bond donors (Lipinski definition) is 3. The van der Waals surface area contributed by atoms with E-state index in [1.807, 2.05) is 24.3 Å². The fourth-order valence-corrected chi connectivity index (χ4v) is 2.77. The molecule has 6 N–H and O–H groups in total. The number of halogens is 1. The highest BCUT2D eigenvalue weighted by atomic mass is 35.5. The summed E-state index contributed by atoms with van der Waals surface area (Å²) in [5.74, 6) is -0.603. The van der Waals surface area contributed by atoms with Crippen LogP contribution in [0.5, 0.6) is 0 Å². The predicted molar refractivity (Wildman–Crippen MR) is 108 cm³/mol. The van der Waals surface area contributed by atoms with Gasteiger partial charge in [0.15, 0.2) is 0 Å². The first-order chi connectivity index (χ1) is 12.9. The molecule has 0 aliphatic rings. The SMILES string of the molecule is NC(=O)c1ccc(C(=O)n2c3ccc2cc3)cc1.Nc1ccc(N)c(Cl)c1. The predicted octanol–water partition coefficient (Wildman–Crippen LogP) is 3.37. The van der Waals surface area contributed by atoms with E-state index in [0.717, 1.165) is 11.0 Å². The van der Waals surface area contributed by atoms with Crippen LogP contribution < -0.4 is 17.2 Å². The summed E-state index contributed by atoms with van der Waals surface area (Å²) in [6.45, 7) is 0. The Kier molecular flexibility index (Phi) is 5.00. The largest absolute Gasteiger partial charge is 0.399 e. The zero-order chi connectivity index (χ0) is 19.6. The van der Waals surface area contributed by atoms with Gasteiger partial charge in [-0.1, -0.05) is 11.6 Å². The number of carbonyl (C=O) groups is 2. The minimum Gasteiger partial charge on any atom is -0.399 e. The van der Waals surface area contributed by atoms with E-state index in [-0.39, 0.29) is 5.91 Å². The number of amides is 1. The minimum absolute atomic E-state index is 0.106. The Labute approximate surface area is 160 Å². The van der Waals surface area contributed by atoms with E-state index in [1.165, 1.54) is 0 Å². The topological polar surface area (TPSA) is 117 Å². The highest BCUT2D eigenvalue weighted by Gasteiger charge is 2.14. The quantitative estimate of drug-likeness (QED) is 0.462. The minimum atomic E-state index is -0.498. The fourth-order valence-electron chi connectivity index (χ4n) is 2.58. The molecule has 0 aliphatic carbocycles. The first-order valence-corrected chi connectivity index (χ1v) is 8.39. The number of nitrogen functional groups attached to an aromatic ring is 2. The molecule has 7 heteroatoms. The second-order valence-corrected chi connectivity index (χ2v) is 6.29. The third-order valence-corrected chi connectivity index (χ3v) is 4.34. The maximum Gasteiger partial charge on any atom is 0.262 e. The second kappa shape index (κ2) is 7.39. The smallest absolute Gasteiger partial charge is 0.262 e. The molecule has 0 unspecified atom stereocenters. The van der Waals surface area contributed by atoms with Crippen molar-refractivity contribution in [1.29, 1.82) is 0 Å². The van der Waals surface area contributed by atoms with Crippen molar-refractivity contribution in [2.75, 3.05) is 11.5 Å². The Morgan fingerprint density at radius 2 is 1.30 bits per heavy atom. The number of carbonyl (C=O) groups excluding carboxylic acids is 2. The van der Waals surface area contributed by atoms with Crippen LogP contribution in [0.15, 0.2) is 66.7 Å². The van der Waals surface area contributed by atoms with E-state index in [2.05, 4.69) is 0 Å². The van der Waals surface area contributed by atoms with Gasteiger partial charge in [-0.3, -0.25) is 14.2 Å². The Morgan fingerprint density at radius 1 is 0.778 bits per heavy atom. The third-order valence-electron chi connectivity index (χ3n) is 4.01. The molecule has 0 saturated heterocycles. The number of primary amides is 1. The molecule has 2 aromatic heterocycles. The lowest BCUT2D eigenvalue weighted by molar-refractivity contribution is 0.0965. The Morgan fingerprint density at radius 3 is 1.74 bits per heavy atom. The number of benzene rings is 3. The van der Waals surface area contributed by atoms with Crippen molar-refractivity contribution >= 4 is 45.8 Å². The molecule has 0 fully saturated rings. The van der Waals surface area contributed by atoms with Crippen LogP contribution in [0.1, 0.15) is 20.7 Å². The fraction of sp³-hybridized carbons (Fsp3) is 0. The molecule has 2 bridgehead atoms. The van der Waals surface area contributed by atoms with Gasteiger partial charge in [-0.05, 0) is 66.7 Å². The number of fused-ring (bicyclic) bond motifs is 2. The van der Waals surface area contributed by atoms with Gasteiger partial charge in [0.25, 0.3) is 5.91 Å². The van der Waals surface area contributed by atoms with Gasteiger partial charge < -0.3 is 17.2 Å². The summed E-state index contributed by atoms with van der Waals surface area (Å²) < 4.78 is 1.64. The molecule has 136 valence electrons. The number of aromatic nitrogens is 1. The molecular formula is C20H17ClN4O2. The Hall–Kier alpha value is -3.51. The summed E-state index contributed by atoms with van der Waals surface area (Å²) in [5, 5.41) is 0.509. The van der Waals surface area contributed by atoms with Crippen molar-refractivity contribution in [3.05, 3.63) is 82.9 Å². The number of hydrogen-bond acceptors (Lipinski definition) is 4. The number of nitrogens with two attached hydrogens (primary N) is 3. The Balaban J connectivity index is 0.000000197. The van der Waals surface area contributed by atoms with Gasteiger partial charge in [-0.2, -0.15) is 0 Å². The second-order valence-electron chi connectivity index (χ2n) is 5.88. The van der Waals surface area contributed by atoms with Crippen molar-refractivity contribution in [1.82, 2.24) is 4.57 Å². The molecule has 0 atom stereocenters. The van der Waals surface area contributed by atoms with Crippen molar-refractivity contribution in [2.45, 2.75) is 0 Å². The molecule has 4 rings (SSSR count). The molecule has 6 nitrogen and oxygen atoms in total. The van der Waals surface area contributed by atoms with Gasteiger partial charge in [0.05, 0.1) is 10.7 Å². The average Bonchev–Trinajstić information content (AvgIpc) is 3.25. The van der Waals surface area contributed by atoms with Gasteiger partial charge in [0.1, 0.15) is 0 Å². The lowest BCUT2D eigenvalue weighted by Gasteiger charge is -2.03. The summed E-state index contributed by atoms with van der Waals surface area (Å²) in [5.41, 5.74) is 19.8. The normalized spacial score (nSPS) is 10.4. The van der Waals surface area contributed by atoms with Crippen molar-refractivity contribution in [2.24, 2.45) is 5.73 Å². The monoisotopic (exact) mass is 380 g/mol. The van der Waals surface area contributed by atoms with Crippen LogP contribution in [0, 0.1) is 0 Å². The molecule has 1 amide bonds. The summed E-state index contributed by atoms with van der Waals surface area (Å²) in [7, 11) is 0. The van der Waals surface area contributed by atoms with Crippen LogP contribution in [0.25, 0.3) is 11.0 Å². The third kappa shape index (κ3) is 3.86. The van der Waals surface area contributed by atoms with Crippen molar-refractivity contribution in [3.8, 4) is 0 Å². The number of nitrogens with zero attached hydrogens (tertiary/aromatic N) is 1.